The number of nitrogens with one attached hydrogen (secondary N) is 2. The van der Waals surface area contributed by atoms with Gasteiger partial charge in [0.25, 0.3) is 0 Å². The molecule has 22 heavy (non-hydrogen) atoms. The van der Waals surface area contributed by atoms with E-state index >= 15 is 0 Å². The molecule has 0 aromatic heterocycles. The normalized spacial score (nSPS) is 13.9. The number of rotatable bonds is 7. The number of nitrogens with zero attached hydrogens (tertiary/aromatic N) is 2. The summed E-state index contributed by atoms with van der Waals surface area (Å²) in [5.41, 5.74) is 4.93. The minimum Gasteiger partial charge on any atom is -0.494 e. The maximum absolute atomic E-state index is 5.70. The lowest BCUT2D eigenvalue weighted by atomic mass is 10.1. The van der Waals surface area contributed by atoms with Crippen molar-refractivity contribution in [1.82, 2.24) is 10.7 Å². The van der Waals surface area contributed by atoms with Gasteiger partial charge in [0, 0.05) is 6.54 Å². The van der Waals surface area contributed by atoms with Crippen LogP contribution in [-0.2, 0) is 0 Å². The average Bonchev–Trinajstić information content (AvgIpc) is 3.03. The summed E-state index contributed by atoms with van der Waals surface area (Å²) in [7, 11) is 0. The molecule has 5 nitrogen and oxygen atoms in total. The highest BCUT2D eigenvalue weighted by molar-refractivity contribution is 5.99. The van der Waals surface area contributed by atoms with Crippen LogP contribution in [0.3, 0.4) is 0 Å². The molecule has 0 fully saturated rings. The smallest absolute Gasteiger partial charge is 0.212 e. The molecule has 2 N–H and O–H groups in total. The van der Waals surface area contributed by atoms with E-state index in [1.165, 1.54) is 12.8 Å². The Kier molecular flexibility index (Phi) is 8.36. The van der Waals surface area contributed by atoms with Gasteiger partial charge in [-0.25, -0.2) is 10.4 Å². The molecule has 1 aromatic carbocycles. The SMILES string of the molecule is CCCCCOc1ccc(/C(C)=N/NC2=NCCN2)cc1.Cl. The van der Waals surface area contributed by atoms with Gasteiger partial charge < -0.3 is 10.1 Å². The highest BCUT2D eigenvalue weighted by Crippen LogP contribution is 2.13. The first-order valence-corrected chi connectivity index (χ1v) is 7.61. The molecule has 2 rings (SSSR count). The zero-order valence-corrected chi connectivity index (χ0v) is 14.1. The summed E-state index contributed by atoms with van der Waals surface area (Å²) in [4.78, 5) is 4.23. The number of hydrogen-bond donors (Lipinski definition) is 2. The highest BCUT2D eigenvalue weighted by atomic mass is 35.5. The fourth-order valence-electron chi connectivity index (χ4n) is 2.01. The highest BCUT2D eigenvalue weighted by Gasteiger charge is 2.03. The van der Waals surface area contributed by atoms with E-state index in [4.69, 9.17) is 4.74 Å². The van der Waals surface area contributed by atoms with Gasteiger partial charge in [-0.3, -0.25) is 0 Å². The summed E-state index contributed by atoms with van der Waals surface area (Å²) in [6, 6.07) is 8.04. The molecule has 0 unspecified atom stereocenters. The molecule has 0 atom stereocenters. The second-order valence-electron chi connectivity index (χ2n) is 5.05. The summed E-state index contributed by atoms with van der Waals surface area (Å²) >= 11 is 0. The predicted octanol–water partition coefficient (Wildman–Crippen LogP) is 2.95. The molecule has 6 heteroatoms. The standard InChI is InChI=1S/C16H24N4O.ClH/c1-3-4-5-12-21-15-8-6-14(7-9-15)13(2)19-20-16-17-10-11-18-16;/h6-9H,3-5,10-12H2,1-2H3,(H2,17,18,20);1H/b19-13+;. The number of hydrazone groups is 1. The number of hydrogen-bond acceptors (Lipinski definition) is 5. The lowest BCUT2D eigenvalue weighted by Gasteiger charge is -2.07. The molecular weight excluding hydrogens is 300 g/mol. The minimum absolute atomic E-state index is 0. The molecule has 0 bridgehead atoms. The van der Waals surface area contributed by atoms with Crippen molar-refractivity contribution >= 4 is 24.1 Å². The maximum atomic E-state index is 5.70. The Morgan fingerprint density at radius 1 is 1.32 bits per heavy atom. The van der Waals surface area contributed by atoms with Crippen molar-refractivity contribution in [3.05, 3.63) is 29.8 Å². The van der Waals surface area contributed by atoms with E-state index in [0.717, 1.165) is 49.1 Å². The summed E-state index contributed by atoms with van der Waals surface area (Å²) < 4.78 is 5.70. The molecule has 0 aliphatic carbocycles. The second kappa shape index (κ2) is 10.1. The maximum Gasteiger partial charge on any atom is 0.212 e. The molecule has 0 amide bonds. The van der Waals surface area contributed by atoms with E-state index < -0.39 is 0 Å². The first kappa shape index (κ1) is 18.3. The molecule has 1 aliphatic rings. The molecule has 0 spiro atoms. The van der Waals surface area contributed by atoms with Gasteiger partial charge in [0.05, 0.1) is 18.9 Å². The Balaban J connectivity index is 0.00000242. The number of aliphatic imine (C=N–C) groups is 1. The van der Waals surface area contributed by atoms with Gasteiger partial charge in [-0.05, 0) is 43.2 Å². The van der Waals surface area contributed by atoms with Gasteiger partial charge >= 0.3 is 0 Å². The third-order valence-electron chi connectivity index (χ3n) is 3.29. The van der Waals surface area contributed by atoms with Crippen LogP contribution in [0.1, 0.15) is 38.7 Å². The van der Waals surface area contributed by atoms with Crippen LogP contribution in [-0.4, -0.2) is 31.4 Å². The molecule has 0 saturated carbocycles. The topological polar surface area (TPSA) is 58.0 Å². The van der Waals surface area contributed by atoms with E-state index in [1.807, 2.05) is 31.2 Å². The van der Waals surface area contributed by atoms with Crippen LogP contribution in [0.25, 0.3) is 0 Å². The number of halogens is 1. The second-order valence-corrected chi connectivity index (χ2v) is 5.05. The van der Waals surface area contributed by atoms with E-state index in [-0.39, 0.29) is 12.4 Å². The first-order chi connectivity index (χ1) is 10.3. The predicted molar refractivity (Wildman–Crippen MR) is 94.4 cm³/mol. The van der Waals surface area contributed by atoms with Gasteiger partial charge in [-0.2, -0.15) is 5.10 Å². The molecule has 1 aromatic rings. The molecule has 0 radical (unpaired) electrons. The van der Waals surface area contributed by atoms with Gasteiger partial charge in [-0.1, -0.05) is 19.8 Å². The Morgan fingerprint density at radius 2 is 2.09 bits per heavy atom. The number of unbranched alkanes of at least 4 members (excludes halogenated alkanes) is 2. The van der Waals surface area contributed by atoms with E-state index in [2.05, 4.69) is 27.8 Å². The molecule has 0 saturated heterocycles. The van der Waals surface area contributed by atoms with Crippen molar-refractivity contribution in [1.29, 1.82) is 0 Å². The zero-order chi connectivity index (χ0) is 14.9. The van der Waals surface area contributed by atoms with Crippen LogP contribution in [0.15, 0.2) is 34.4 Å². The van der Waals surface area contributed by atoms with Crippen LogP contribution < -0.4 is 15.5 Å². The molecular formula is C16H25ClN4O. The van der Waals surface area contributed by atoms with Gasteiger partial charge in [-0.15, -0.1) is 12.4 Å². The van der Waals surface area contributed by atoms with Crippen molar-refractivity contribution in [2.24, 2.45) is 10.1 Å². The summed E-state index contributed by atoms with van der Waals surface area (Å²) in [5, 5.41) is 7.44. The quantitative estimate of drug-likeness (QED) is 0.460. The lowest BCUT2D eigenvalue weighted by Crippen LogP contribution is -2.30. The molecule has 1 heterocycles. The Hall–Kier alpha value is -1.75. The molecule has 1 aliphatic heterocycles. The average molecular weight is 325 g/mol. The number of ether oxygens (including phenoxy) is 1. The Morgan fingerprint density at radius 3 is 2.73 bits per heavy atom. The van der Waals surface area contributed by atoms with Crippen molar-refractivity contribution in [3.63, 3.8) is 0 Å². The van der Waals surface area contributed by atoms with Crippen molar-refractivity contribution in [2.45, 2.75) is 33.1 Å². The lowest BCUT2D eigenvalue weighted by molar-refractivity contribution is 0.306. The van der Waals surface area contributed by atoms with Crippen molar-refractivity contribution in [2.75, 3.05) is 19.7 Å². The summed E-state index contributed by atoms with van der Waals surface area (Å²) in [6.07, 6.45) is 3.54. The van der Waals surface area contributed by atoms with E-state index in [9.17, 15) is 0 Å². The van der Waals surface area contributed by atoms with E-state index in [0.29, 0.717) is 0 Å². The fourth-order valence-corrected chi connectivity index (χ4v) is 2.01. The summed E-state index contributed by atoms with van der Waals surface area (Å²) in [6.45, 7) is 6.63. The van der Waals surface area contributed by atoms with Crippen LogP contribution in [0.5, 0.6) is 5.75 Å². The first-order valence-electron chi connectivity index (χ1n) is 7.61. The monoisotopic (exact) mass is 324 g/mol. The van der Waals surface area contributed by atoms with Gasteiger partial charge in [0.1, 0.15) is 5.75 Å². The molecule has 122 valence electrons. The van der Waals surface area contributed by atoms with Crippen molar-refractivity contribution < 1.29 is 4.74 Å². The number of benzene rings is 1. The van der Waals surface area contributed by atoms with Crippen LogP contribution in [0, 0.1) is 0 Å². The third-order valence-corrected chi connectivity index (χ3v) is 3.29. The largest absolute Gasteiger partial charge is 0.494 e. The summed E-state index contributed by atoms with van der Waals surface area (Å²) in [5.74, 6) is 1.66. The Labute approximate surface area is 138 Å². The zero-order valence-electron chi connectivity index (χ0n) is 13.3. The van der Waals surface area contributed by atoms with Crippen molar-refractivity contribution in [3.8, 4) is 5.75 Å². The number of guanidine groups is 1. The minimum atomic E-state index is 0. The van der Waals surface area contributed by atoms with Gasteiger partial charge in [0.2, 0.25) is 5.96 Å². The Bertz CT molecular complexity index is 499. The van der Waals surface area contributed by atoms with Crippen LogP contribution in [0.4, 0.5) is 0 Å². The van der Waals surface area contributed by atoms with Crippen LogP contribution >= 0.6 is 12.4 Å². The van der Waals surface area contributed by atoms with Gasteiger partial charge in [0.15, 0.2) is 0 Å². The third kappa shape index (κ3) is 5.93. The van der Waals surface area contributed by atoms with E-state index in [1.54, 1.807) is 0 Å². The fraction of sp³-hybridized carbons (Fsp3) is 0.500. The van der Waals surface area contributed by atoms with Crippen LogP contribution in [0.2, 0.25) is 0 Å².